The van der Waals surface area contributed by atoms with Crippen LogP contribution in [0, 0.1) is 12.3 Å². The molecule has 0 aromatic carbocycles. The maximum Gasteiger partial charge on any atom is 0.475 e. The van der Waals surface area contributed by atoms with Crippen molar-refractivity contribution >= 4 is 15.4 Å². The predicted octanol–water partition coefficient (Wildman–Crippen LogP) is 2.46. The SMILES string of the molecule is [CH]C1(C)COP(=O)(OCP2(=O)OCCCO2)OC1. The lowest BCUT2D eigenvalue weighted by atomic mass is 9.97. The van der Waals surface area contributed by atoms with Crippen molar-refractivity contribution in [2.75, 3.05) is 32.8 Å². The summed E-state index contributed by atoms with van der Waals surface area (Å²) in [6.45, 7) is 8.16. The molecule has 7 nitrogen and oxygen atoms in total. The summed E-state index contributed by atoms with van der Waals surface area (Å²) in [5, 5.41) is 0. The monoisotopic (exact) mass is 298 g/mol. The first kappa shape index (κ1) is 14.7. The zero-order valence-electron chi connectivity index (χ0n) is 10.1. The third kappa shape index (κ3) is 3.87. The van der Waals surface area contributed by atoms with Gasteiger partial charge in [0.2, 0.25) is 0 Å². The van der Waals surface area contributed by atoms with Crippen molar-refractivity contribution in [2.45, 2.75) is 13.3 Å². The largest absolute Gasteiger partial charge is 0.475 e. The zero-order valence-corrected chi connectivity index (χ0v) is 11.9. The lowest BCUT2D eigenvalue weighted by molar-refractivity contribution is 0.0149. The van der Waals surface area contributed by atoms with Gasteiger partial charge in [-0.15, -0.1) is 0 Å². The van der Waals surface area contributed by atoms with E-state index in [1.165, 1.54) is 0 Å². The van der Waals surface area contributed by atoms with E-state index in [1.54, 1.807) is 6.92 Å². The maximum absolute atomic E-state index is 12.0. The lowest BCUT2D eigenvalue weighted by Gasteiger charge is -2.33. The Hall–Kier alpha value is 0.260. The second kappa shape index (κ2) is 5.33. The fraction of sp³-hybridized carbons (Fsp3) is 0.889. The van der Waals surface area contributed by atoms with Crippen LogP contribution >= 0.6 is 15.4 Å². The first-order chi connectivity index (χ1) is 8.33. The molecule has 0 aromatic rings. The van der Waals surface area contributed by atoms with E-state index < -0.39 is 27.2 Å². The Balaban J connectivity index is 1.86. The summed E-state index contributed by atoms with van der Waals surface area (Å²) >= 11 is 0. The summed E-state index contributed by atoms with van der Waals surface area (Å²) in [6.07, 6.45) is 0.214. The number of rotatable bonds is 3. The number of phosphoric ester groups is 1. The van der Waals surface area contributed by atoms with Crippen molar-refractivity contribution < 1.29 is 31.7 Å². The third-order valence-corrected chi connectivity index (χ3v) is 5.48. The second-order valence-electron chi connectivity index (χ2n) is 4.54. The maximum atomic E-state index is 12.0. The number of hydrogen-bond acceptors (Lipinski definition) is 7. The van der Waals surface area contributed by atoms with E-state index in [9.17, 15) is 9.13 Å². The molecule has 0 bridgehead atoms. The highest BCUT2D eigenvalue weighted by atomic mass is 31.2. The molecule has 0 amide bonds. The number of hydrogen-bond donors (Lipinski definition) is 0. The van der Waals surface area contributed by atoms with Gasteiger partial charge in [0.15, 0.2) is 6.35 Å². The summed E-state index contributed by atoms with van der Waals surface area (Å²) in [4.78, 5) is 0. The number of phosphoric acid groups is 1. The normalized spacial score (nSPS) is 29.9. The Labute approximate surface area is 106 Å². The van der Waals surface area contributed by atoms with Crippen LogP contribution in [0.4, 0.5) is 0 Å². The van der Waals surface area contributed by atoms with E-state index in [0.717, 1.165) is 0 Å². The standard InChI is InChI=1S/C9H16O7P2/c1-9(2)6-14-18(11,15-7-9)16-8-17(10)12-4-3-5-13-17/h1H,3-8H2,2H3. The Morgan fingerprint density at radius 3 is 2.28 bits per heavy atom. The van der Waals surface area contributed by atoms with Gasteiger partial charge >= 0.3 is 15.4 Å². The predicted molar refractivity (Wildman–Crippen MR) is 62.0 cm³/mol. The van der Waals surface area contributed by atoms with Crippen LogP contribution < -0.4 is 0 Å². The molecule has 2 saturated heterocycles. The van der Waals surface area contributed by atoms with Gasteiger partial charge in [0, 0.05) is 5.41 Å². The minimum atomic E-state index is -3.71. The molecule has 2 aliphatic heterocycles. The molecule has 2 fully saturated rings. The molecule has 0 saturated carbocycles. The second-order valence-corrected chi connectivity index (χ2v) is 8.20. The molecule has 9 heteroatoms. The summed E-state index contributed by atoms with van der Waals surface area (Å²) in [5.74, 6) is 0. The molecule has 0 atom stereocenters. The van der Waals surface area contributed by atoms with E-state index in [4.69, 9.17) is 29.5 Å². The van der Waals surface area contributed by atoms with Gasteiger partial charge in [-0.1, -0.05) is 6.92 Å². The Bertz CT molecular complexity index is 370. The van der Waals surface area contributed by atoms with Gasteiger partial charge in [0.1, 0.15) is 0 Å². The van der Waals surface area contributed by atoms with Crippen molar-refractivity contribution in [1.29, 1.82) is 0 Å². The fourth-order valence-electron chi connectivity index (χ4n) is 1.33. The minimum Gasteiger partial charge on any atom is -0.307 e. The van der Waals surface area contributed by atoms with E-state index >= 15 is 0 Å². The van der Waals surface area contributed by atoms with Crippen LogP contribution in [0.25, 0.3) is 0 Å². The summed E-state index contributed by atoms with van der Waals surface area (Å²) in [5.41, 5.74) is -0.709. The lowest BCUT2D eigenvalue weighted by Crippen LogP contribution is -2.30. The molecule has 104 valence electrons. The fourth-order valence-corrected chi connectivity index (χ4v) is 4.63. The van der Waals surface area contributed by atoms with Gasteiger partial charge in [-0.05, 0) is 13.3 Å². The van der Waals surface area contributed by atoms with Crippen LogP contribution in [0.3, 0.4) is 0 Å². The molecule has 2 rings (SSSR count). The van der Waals surface area contributed by atoms with Crippen molar-refractivity contribution in [1.82, 2.24) is 0 Å². The van der Waals surface area contributed by atoms with Crippen LogP contribution in [0.15, 0.2) is 0 Å². The quantitative estimate of drug-likeness (QED) is 0.740. The summed E-state index contributed by atoms with van der Waals surface area (Å²) in [6, 6.07) is 0. The molecule has 18 heavy (non-hydrogen) atoms. The van der Waals surface area contributed by atoms with Crippen LogP contribution in [-0.4, -0.2) is 32.8 Å². The highest BCUT2D eigenvalue weighted by Gasteiger charge is 2.41. The molecular formula is C9H16O7P2. The topological polar surface area (TPSA) is 80.3 Å². The molecular weight excluding hydrogens is 282 g/mol. The van der Waals surface area contributed by atoms with Crippen LogP contribution in [0.2, 0.25) is 0 Å². The molecule has 0 aromatic heterocycles. The highest BCUT2D eigenvalue weighted by molar-refractivity contribution is 7.55. The minimum absolute atomic E-state index is 0.0380. The van der Waals surface area contributed by atoms with Gasteiger partial charge in [0.05, 0.1) is 26.4 Å². The van der Waals surface area contributed by atoms with E-state index in [-0.39, 0.29) is 13.2 Å². The van der Waals surface area contributed by atoms with Crippen LogP contribution in [0.1, 0.15) is 13.3 Å². The average Bonchev–Trinajstić information content (AvgIpc) is 2.33. The van der Waals surface area contributed by atoms with Crippen molar-refractivity contribution in [2.24, 2.45) is 5.41 Å². The smallest absolute Gasteiger partial charge is 0.307 e. The molecule has 0 aliphatic carbocycles. The van der Waals surface area contributed by atoms with Gasteiger partial charge in [0.25, 0.3) is 0 Å². The van der Waals surface area contributed by atoms with E-state index in [1.807, 2.05) is 0 Å². The Morgan fingerprint density at radius 2 is 1.72 bits per heavy atom. The zero-order chi connectivity index (χ0) is 13.3. The van der Waals surface area contributed by atoms with Crippen molar-refractivity contribution in [3.8, 4) is 0 Å². The molecule has 2 radical (unpaired) electrons. The van der Waals surface area contributed by atoms with E-state index in [2.05, 4.69) is 0 Å². The summed E-state index contributed by atoms with van der Waals surface area (Å²) in [7, 11) is -7.06. The van der Waals surface area contributed by atoms with Gasteiger partial charge in [-0.3, -0.25) is 18.1 Å². The van der Waals surface area contributed by atoms with Gasteiger partial charge in [-0.2, -0.15) is 0 Å². The summed E-state index contributed by atoms with van der Waals surface area (Å²) < 4.78 is 48.7. The van der Waals surface area contributed by atoms with Gasteiger partial charge in [-0.25, -0.2) is 4.57 Å². The van der Waals surface area contributed by atoms with Gasteiger partial charge < -0.3 is 9.05 Å². The first-order valence-corrected chi connectivity index (χ1v) is 8.72. The Morgan fingerprint density at radius 1 is 1.17 bits per heavy atom. The van der Waals surface area contributed by atoms with E-state index in [0.29, 0.717) is 19.6 Å². The Kier molecular flexibility index (Phi) is 4.34. The van der Waals surface area contributed by atoms with Crippen LogP contribution in [0.5, 0.6) is 0 Å². The van der Waals surface area contributed by atoms with Crippen molar-refractivity contribution in [3.63, 3.8) is 0 Å². The molecule has 0 N–H and O–H groups in total. The van der Waals surface area contributed by atoms with Crippen molar-refractivity contribution in [3.05, 3.63) is 6.92 Å². The molecule has 2 aliphatic rings. The third-order valence-electron chi connectivity index (χ3n) is 2.34. The molecule has 0 unspecified atom stereocenters. The van der Waals surface area contributed by atoms with Crippen LogP contribution in [-0.2, 0) is 31.7 Å². The first-order valence-electron chi connectivity index (χ1n) is 5.53. The molecule has 2 heterocycles. The molecule has 0 spiro atoms. The highest BCUT2D eigenvalue weighted by Crippen LogP contribution is 2.59. The average molecular weight is 298 g/mol.